The molecule has 0 aromatic rings. The molecule has 3 aliphatic carbocycles. The molecule has 0 saturated heterocycles. The van der Waals surface area contributed by atoms with Crippen LogP contribution in [0.2, 0.25) is 0 Å². The molecule has 5 nitrogen and oxygen atoms in total. The first-order valence-electron chi connectivity index (χ1n) is 7.43. The van der Waals surface area contributed by atoms with E-state index in [1.165, 1.54) is 19.6 Å². The molecule has 0 aromatic carbocycles. The van der Waals surface area contributed by atoms with Gasteiger partial charge in [0.2, 0.25) is 0 Å². The molecule has 21 heavy (non-hydrogen) atoms. The Balaban J connectivity index is 1.63. The van der Waals surface area contributed by atoms with Gasteiger partial charge in [0, 0.05) is 12.3 Å². The summed E-state index contributed by atoms with van der Waals surface area (Å²) < 4.78 is 15.6. The van der Waals surface area contributed by atoms with E-state index >= 15 is 0 Å². The first-order valence-corrected chi connectivity index (χ1v) is 7.43. The first kappa shape index (κ1) is 14.6. The van der Waals surface area contributed by atoms with Gasteiger partial charge in [-0.1, -0.05) is 11.6 Å². The lowest BCUT2D eigenvalue weighted by Crippen LogP contribution is -2.63. The van der Waals surface area contributed by atoms with Crippen molar-refractivity contribution in [3.8, 4) is 0 Å². The second-order valence-electron chi connectivity index (χ2n) is 6.86. The van der Waals surface area contributed by atoms with Crippen LogP contribution >= 0.6 is 0 Å². The van der Waals surface area contributed by atoms with Crippen LogP contribution < -0.4 is 0 Å². The summed E-state index contributed by atoms with van der Waals surface area (Å²) in [5.41, 5.74) is 1.21. The van der Waals surface area contributed by atoms with Crippen molar-refractivity contribution in [1.82, 2.24) is 0 Å². The molecule has 0 heterocycles. The molecular formula is C16H22O5. The molecule has 2 saturated carbocycles. The zero-order valence-corrected chi connectivity index (χ0v) is 12.8. The lowest BCUT2D eigenvalue weighted by atomic mass is 9.38. The lowest BCUT2D eigenvalue weighted by Gasteiger charge is -2.67. The highest BCUT2D eigenvalue weighted by Gasteiger charge is 2.65. The van der Waals surface area contributed by atoms with Crippen molar-refractivity contribution in [2.24, 2.45) is 17.3 Å². The zero-order valence-electron chi connectivity index (χ0n) is 12.8. The zero-order chi connectivity index (χ0) is 15.3. The highest BCUT2D eigenvalue weighted by atomic mass is 16.6. The Morgan fingerprint density at radius 3 is 2.76 bits per heavy atom. The summed E-state index contributed by atoms with van der Waals surface area (Å²) in [5, 5.41) is 0. The standard InChI is InChI=1S/C16H22O5/c1-10(17)20-9-16-6-11-4-15(2,21-8-13(18)19-3)5-12(7-16)14(11)16/h4,12,14H,5-9H2,1-3H3. The summed E-state index contributed by atoms with van der Waals surface area (Å²) in [6.07, 6.45) is 5.15. The summed E-state index contributed by atoms with van der Waals surface area (Å²) >= 11 is 0. The number of carbonyl (C=O) groups is 2. The van der Waals surface area contributed by atoms with Crippen LogP contribution in [0.3, 0.4) is 0 Å². The van der Waals surface area contributed by atoms with Crippen LogP contribution in [-0.4, -0.2) is 37.9 Å². The maximum Gasteiger partial charge on any atom is 0.331 e. The Hall–Kier alpha value is -1.36. The van der Waals surface area contributed by atoms with Gasteiger partial charge in [0.05, 0.1) is 19.3 Å². The molecule has 0 spiro atoms. The molecule has 0 radical (unpaired) electrons. The van der Waals surface area contributed by atoms with Gasteiger partial charge in [-0.05, 0) is 38.0 Å². The third-order valence-electron chi connectivity index (χ3n) is 5.22. The molecule has 0 bridgehead atoms. The second-order valence-corrected chi connectivity index (χ2v) is 6.86. The van der Waals surface area contributed by atoms with E-state index in [2.05, 4.69) is 10.8 Å². The lowest BCUT2D eigenvalue weighted by molar-refractivity contribution is -0.179. The number of ether oxygens (including phenoxy) is 3. The SMILES string of the molecule is COC(=O)COC1(C)C=C2CC3(COC(C)=O)CC(C1)C23. The van der Waals surface area contributed by atoms with Gasteiger partial charge in [-0.2, -0.15) is 0 Å². The number of hydrogen-bond donors (Lipinski definition) is 0. The van der Waals surface area contributed by atoms with Crippen LogP contribution in [0, 0.1) is 17.3 Å². The molecular weight excluding hydrogens is 272 g/mol. The Kier molecular flexibility index (Phi) is 3.35. The second kappa shape index (κ2) is 4.83. The molecule has 3 aliphatic rings. The van der Waals surface area contributed by atoms with E-state index < -0.39 is 0 Å². The predicted octanol–water partition coefficient (Wildman–Crippen LogP) is 1.85. The van der Waals surface area contributed by atoms with Crippen molar-refractivity contribution in [2.75, 3.05) is 20.3 Å². The molecule has 0 amide bonds. The molecule has 0 aliphatic heterocycles. The van der Waals surface area contributed by atoms with Crippen LogP contribution in [0.15, 0.2) is 11.6 Å². The van der Waals surface area contributed by atoms with Gasteiger partial charge >= 0.3 is 11.9 Å². The maximum absolute atomic E-state index is 11.2. The minimum absolute atomic E-state index is 0.00719. The molecule has 0 aromatic heterocycles. The van der Waals surface area contributed by atoms with Crippen molar-refractivity contribution < 1.29 is 23.8 Å². The number of allylic oxidation sites excluding steroid dienone is 1. The number of rotatable bonds is 5. The average molecular weight is 294 g/mol. The van der Waals surface area contributed by atoms with E-state index in [1.807, 2.05) is 6.92 Å². The van der Waals surface area contributed by atoms with Gasteiger partial charge in [0.25, 0.3) is 0 Å². The van der Waals surface area contributed by atoms with Crippen molar-refractivity contribution in [2.45, 2.75) is 38.7 Å². The van der Waals surface area contributed by atoms with E-state index in [0.29, 0.717) is 18.4 Å². The Labute approximate surface area is 124 Å². The molecule has 4 unspecified atom stereocenters. The topological polar surface area (TPSA) is 61.8 Å². The third kappa shape index (κ3) is 2.37. The van der Waals surface area contributed by atoms with Gasteiger partial charge in [0.15, 0.2) is 0 Å². The highest BCUT2D eigenvalue weighted by Crippen LogP contribution is 2.70. The summed E-state index contributed by atoms with van der Waals surface area (Å²) in [7, 11) is 1.37. The van der Waals surface area contributed by atoms with Crippen LogP contribution in [0.1, 0.15) is 33.1 Å². The molecule has 4 atom stereocenters. The quantitative estimate of drug-likeness (QED) is 0.572. The Bertz CT molecular complexity index is 511. The van der Waals surface area contributed by atoms with E-state index in [4.69, 9.17) is 9.47 Å². The van der Waals surface area contributed by atoms with Gasteiger partial charge in [-0.15, -0.1) is 0 Å². The van der Waals surface area contributed by atoms with Crippen LogP contribution in [0.25, 0.3) is 0 Å². The van der Waals surface area contributed by atoms with Crippen LogP contribution in [0.4, 0.5) is 0 Å². The van der Waals surface area contributed by atoms with Crippen molar-refractivity contribution >= 4 is 11.9 Å². The molecule has 2 fully saturated rings. The third-order valence-corrected chi connectivity index (χ3v) is 5.22. The van der Waals surface area contributed by atoms with E-state index in [1.54, 1.807) is 0 Å². The van der Waals surface area contributed by atoms with E-state index in [0.717, 1.165) is 19.3 Å². The van der Waals surface area contributed by atoms with Crippen LogP contribution in [0.5, 0.6) is 0 Å². The number of esters is 2. The molecule has 0 N–H and O–H groups in total. The highest BCUT2D eigenvalue weighted by molar-refractivity contribution is 5.70. The van der Waals surface area contributed by atoms with Crippen molar-refractivity contribution in [3.63, 3.8) is 0 Å². The minimum atomic E-state index is -0.376. The average Bonchev–Trinajstić information content (AvgIpc) is 2.38. The Morgan fingerprint density at radius 2 is 2.14 bits per heavy atom. The molecule has 3 rings (SSSR count). The summed E-state index contributed by atoms with van der Waals surface area (Å²) in [6.45, 7) is 4.03. The maximum atomic E-state index is 11.2. The van der Waals surface area contributed by atoms with E-state index in [-0.39, 0.29) is 29.6 Å². The largest absolute Gasteiger partial charge is 0.467 e. The fraction of sp³-hybridized carbons (Fsp3) is 0.750. The summed E-state index contributed by atoms with van der Waals surface area (Å²) in [6, 6.07) is 0. The fourth-order valence-corrected chi connectivity index (χ4v) is 4.50. The van der Waals surface area contributed by atoms with E-state index in [9.17, 15) is 9.59 Å². The van der Waals surface area contributed by atoms with Crippen molar-refractivity contribution in [1.29, 1.82) is 0 Å². The molecule has 116 valence electrons. The summed E-state index contributed by atoms with van der Waals surface area (Å²) in [4.78, 5) is 22.2. The van der Waals surface area contributed by atoms with Gasteiger partial charge in [0.1, 0.15) is 6.61 Å². The monoisotopic (exact) mass is 294 g/mol. The van der Waals surface area contributed by atoms with Gasteiger partial charge < -0.3 is 14.2 Å². The fourth-order valence-electron chi connectivity index (χ4n) is 4.50. The first-order chi connectivity index (χ1) is 9.87. The minimum Gasteiger partial charge on any atom is -0.467 e. The predicted molar refractivity (Wildman–Crippen MR) is 74.4 cm³/mol. The summed E-state index contributed by atoms with van der Waals surface area (Å²) in [5.74, 6) is 0.582. The number of carbonyl (C=O) groups excluding carboxylic acids is 2. The van der Waals surface area contributed by atoms with Gasteiger partial charge in [-0.3, -0.25) is 4.79 Å². The Morgan fingerprint density at radius 1 is 1.38 bits per heavy atom. The number of methoxy groups -OCH3 is 1. The van der Waals surface area contributed by atoms with Crippen LogP contribution in [-0.2, 0) is 23.8 Å². The smallest absolute Gasteiger partial charge is 0.331 e. The normalized spacial score (nSPS) is 39.3. The van der Waals surface area contributed by atoms with Gasteiger partial charge in [-0.25, -0.2) is 4.79 Å². The van der Waals surface area contributed by atoms with Crippen molar-refractivity contribution in [3.05, 3.63) is 11.6 Å². The number of hydrogen-bond acceptors (Lipinski definition) is 5. The molecule has 5 heteroatoms.